The molecular weight excluding hydrogens is 340 g/mol. The van der Waals surface area contributed by atoms with Gasteiger partial charge in [0.1, 0.15) is 11.8 Å². The van der Waals surface area contributed by atoms with E-state index in [0.717, 1.165) is 16.9 Å². The molecule has 0 spiro atoms. The third kappa shape index (κ3) is 5.33. The van der Waals surface area contributed by atoms with Crippen LogP contribution in [-0.4, -0.2) is 30.4 Å². The molecule has 0 heterocycles. The Labute approximate surface area is 161 Å². The van der Waals surface area contributed by atoms with Gasteiger partial charge in [-0.1, -0.05) is 56.3 Å². The van der Waals surface area contributed by atoms with Crippen molar-refractivity contribution >= 4 is 11.8 Å². The first-order valence-corrected chi connectivity index (χ1v) is 9.24. The molecule has 2 rings (SSSR count). The lowest BCUT2D eigenvalue weighted by Crippen LogP contribution is -2.44. The Balaban J connectivity index is 2.43. The van der Waals surface area contributed by atoms with Gasteiger partial charge in [-0.2, -0.15) is 0 Å². The number of hydrogen-bond donors (Lipinski definition) is 1. The van der Waals surface area contributed by atoms with Gasteiger partial charge in [0.15, 0.2) is 0 Å². The number of nitrogens with one attached hydrogen (secondary N) is 1. The number of carbonyl (C=O) groups is 2. The van der Waals surface area contributed by atoms with Gasteiger partial charge in [0.2, 0.25) is 11.8 Å². The van der Waals surface area contributed by atoms with E-state index in [1.165, 1.54) is 0 Å². The summed E-state index contributed by atoms with van der Waals surface area (Å²) in [5.41, 5.74) is 1.74. The van der Waals surface area contributed by atoms with Gasteiger partial charge in [-0.25, -0.2) is 0 Å². The summed E-state index contributed by atoms with van der Waals surface area (Å²) in [6.07, 6.45) is 0. The quantitative estimate of drug-likeness (QED) is 0.775. The summed E-state index contributed by atoms with van der Waals surface area (Å²) in [6.45, 7) is 6.43. The number of ether oxygens (including phenoxy) is 1. The van der Waals surface area contributed by atoms with E-state index in [1.54, 1.807) is 12.0 Å². The highest BCUT2D eigenvalue weighted by Gasteiger charge is 2.32. The molecule has 27 heavy (non-hydrogen) atoms. The number of methoxy groups -OCH3 is 1. The summed E-state index contributed by atoms with van der Waals surface area (Å²) >= 11 is 0. The Morgan fingerprint density at radius 3 is 2.19 bits per heavy atom. The fourth-order valence-corrected chi connectivity index (χ4v) is 2.93. The Kier molecular flexibility index (Phi) is 7.41. The van der Waals surface area contributed by atoms with E-state index in [9.17, 15) is 9.59 Å². The zero-order valence-corrected chi connectivity index (χ0v) is 16.4. The van der Waals surface area contributed by atoms with Crippen molar-refractivity contribution in [3.8, 4) is 5.75 Å². The standard InChI is InChI=1S/C22H28N2O3/c1-5-23-21(25)20(18-9-7-6-8-10-18)24(22(26)16(2)3)15-17-11-13-19(27-4)14-12-17/h6-14,16,20H,5,15H2,1-4H3,(H,23,25). The lowest BCUT2D eigenvalue weighted by Gasteiger charge is -2.32. The molecule has 0 bridgehead atoms. The second-order valence-electron chi connectivity index (χ2n) is 6.68. The Morgan fingerprint density at radius 1 is 1.04 bits per heavy atom. The van der Waals surface area contributed by atoms with Gasteiger partial charge < -0.3 is 15.0 Å². The molecule has 0 saturated carbocycles. The Morgan fingerprint density at radius 2 is 1.67 bits per heavy atom. The van der Waals surface area contributed by atoms with Gasteiger partial charge in [0.25, 0.3) is 0 Å². The van der Waals surface area contributed by atoms with Crippen molar-refractivity contribution in [3.63, 3.8) is 0 Å². The van der Waals surface area contributed by atoms with Crippen LogP contribution in [0, 0.1) is 5.92 Å². The first kappa shape index (κ1) is 20.5. The van der Waals surface area contributed by atoms with Gasteiger partial charge in [0.05, 0.1) is 7.11 Å². The summed E-state index contributed by atoms with van der Waals surface area (Å²) < 4.78 is 5.20. The number of carbonyl (C=O) groups excluding carboxylic acids is 2. The fraction of sp³-hybridized carbons (Fsp3) is 0.364. The average Bonchev–Trinajstić information content (AvgIpc) is 2.68. The SMILES string of the molecule is CCNC(=O)C(c1ccccc1)N(Cc1ccc(OC)cc1)C(=O)C(C)C. The van der Waals surface area contributed by atoms with Crippen LogP contribution in [0.3, 0.4) is 0 Å². The number of hydrogen-bond acceptors (Lipinski definition) is 3. The van der Waals surface area contributed by atoms with Gasteiger partial charge in [-0.3, -0.25) is 9.59 Å². The molecule has 2 aromatic carbocycles. The molecular formula is C22H28N2O3. The van der Waals surface area contributed by atoms with Crippen LogP contribution in [0.5, 0.6) is 5.75 Å². The number of likely N-dealkylation sites (N-methyl/N-ethyl adjacent to an activating group) is 1. The summed E-state index contributed by atoms with van der Waals surface area (Å²) in [6, 6.07) is 16.3. The molecule has 1 N–H and O–H groups in total. The minimum Gasteiger partial charge on any atom is -0.497 e. The molecule has 5 nitrogen and oxygen atoms in total. The third-order valence-electron chi connectivity index (χ3n) is 4.32. The van der Waals surface area contributed by atoms with Crippen molar-refractivity contribution < 1.29 is 14.3 Å². The molecule has 1 atom stereocenters. The summed E-state index contributed by atoms with van der Waals surface area (Å²) in [7, 11) is 1.62. The molecule has 0 aliphatic heterocycles. The maximum Gasteiger partial charge on any atom is 0.247 e. The second-order valence-corrected chi connectivity index (χ2v) is 6.68. The molecule has 0 aliphatic rings. The van der Waals surface area contributed by atoms with Crippen molar-refractivity contribution in [1.82, 2.24) is 10.2 Å². The lowest BCUT2D eigenvalue weighted by atomic mass is 10.0. The predicted molar refractivity (Wildman–Crippen MR) is 106 cm³/mol. The number of benzene rings is 2. The van der Waals surface area contributed by atoms with E-state index in [0.29, 0.717) is 13.1 Å². The minimum atomic E-state index is -0.678. The highest BCUT2D eigenvalue weighted by molar-refractivity contribution is 5.89. The molecule has 0 saturated heterocycles. The first-order chi connectivity index (χ1) is 13.0. The molecule has 0 fully saturated rings. The van der Waals surface area contributed by atoms with E-state index in [2.05, 4.69) is 5.32 Å². The highest BCUT2D eigenvalue weighted by Crippen LogP contribution is 2.26. The number of amides is 2. The van der Waals surface area contributed by atoms with Crippen molar-refractivity contribution in [2.45, 2.75) is 33.4 Å². The topological polar surface area (TPSA) is 58.6 Å². The van der Waals surface area contributed by atoms with E-state index in [4.69, 9.17) is 4.74 Å². The van der Waals surface area contributed by atoms with Crippen LogP contribution in [0.25, 0.3) is 0 Å². The third-order valence-corrected chi connectivity index (χ3v) is 4.32. The van der Waals surface area contributed by atoms with Crippen molar-refractivity contribution in [2.24, 2.45) is 5.92 Å². The van der Waals surface area contributed by atoms with Crippen LogP contribution in [0.2, 0.25) is 0 Å². The summed E-state index contributed by atoms with van der Waals surface area (Å²) in [5.74, 6) is 0.296. The van der Waals surface area contributed by atoms with E-state index >= 15 is 0 Å². The lowest BCUT2D eigenvalue weighted by molar-refractivity contribution is -0.144. The van der Waals surface area contributed by atoms with E-state index in [-0.39, 0.29) is 17.7 Å². The maximum absolute atomic E-state index is 13.0. The summed E-state index contributed by atoms with van der Waals surface area (Å²) in [5, 5.41) is 2.87. The molecule has 0 aromatic heterocycles. The Bertz CT molecular complexity index is 742. The van der Waals surface area contributed by atoms with E-state index < -0.39 is 6.04 Å². The van der Waals surface area contributed by atoms with Crippen molar-refractivity contribution in [1.29, 1.82) is 0 Å². The zero-order valence-electron chi connectivity index (χ0n) is 16.4. The zero-order chi connectivity index (χ0) is 19.8. The number of rotatable bonds is 8. The van der Waals surface area contributed by atoms with Crippen molar-refractivity contribution in [3.05, 3.63) is 65.7 Å². The molecule has 1 unspecified atom stereocenters. The average molecular weight is 368 g/mol. The maximum atomic E-state index is 13.0. The van der Waals surface area contributed by atoms with Gasteiger partial charge in [-0.05, 0) is 30.2 Å². The minimum absolute atomic E-state index is 0.0640. The van der Waals surface area contributed by atoms with Crippen LogP contribution in [-0.2, 0) is 16.1 Å². The fourth-order valence-electron chi connectivity index (χ4n) is 2.93. The summed E-state index contributed by atoms with van der Waals surface area (Å²) in [4.78, 5) is 27.6. The molecule has 144 valence electrons. The van der Waals surface area contributed by atoms with Crippen LogP contribution in [0.1, 0.15) is 37.9 Å². The normalized spacial score (nSPS) is 11.7. The monoisotopic (exact) mass is 368 g/mol. The molecule has 5 heteroatoms. The van der Waals surface area contributed by atoms with Crippen LogP contribution in [0.15, 0.2) is 54.6 Å². The van der Waals surface area contributed by atoms with Gasteiger partial charge in [0, 0.05) is 19.0 Å². The first-order valence-electron chi connectivity index (χ1n) is 9.24. The predicted octanol–water partition coefficient (Wildman–Crippen LogP) is 3.56. The smallest absolute Gasteiger partial charge is 0.247 e. The van der Waals surface area contributed by atoms with E-state index in [1.807, 2.05) is 75.4 Å². The molecule has 2 amide bonds. The van der Waals surface area contributed by atoms with Crippen LogP contribution in [0.4, 0.5) is 0 Å². The second kappa shape index (κ2) is 9.76. The van der Waals surface area contributed by atoms with Gasteiger partial charge in [-0.15, -0.1) is 0 Å². The highest BCUT2D eigenvalue weighted by atomic mass is 16.5. The largest absolute Gasteiger partial charge is 0.497 e. The Hall–Kier alpha value is -2.82. The van der Waals surface area contributed by atoms with Crippen LogP contribution < -0.4 is 10.1 Å². The van der Waals surface area contributed by atoms with Crippen molar-refractivity contribution in [2.75, 3.05) is 13.7 Å². The molecule has 0 aliphatic carbocycles. The van der Waals surface area contributed by atoms with Gasteiger partial charge >= 0.3 is 0 Å². The van der Waals surface area contributed by atoms with Crippen LogP contribution >= 0.6 is 0 Å². The number of nitrogens with zero attached hydrogens (tertiary/aromatic N) is 1. The molecule has 0 radical (unpaired) electrons. The molecule has 2 aromatic rings.